The molecule has 1 fully saturated rings. The van der Waals surface area contributed by atoms with E-state index in [1.54, 1.807) is 11.8 Å². The SMILES string of the molecule is CC(C)SCC(=O)NCC1(C(=O)O)CC1. The monoisotopic (exact) mass is 231 g/mol. The van der Waals surface area contributed by atoms with Crippen LogP contribution in [0.15, 0.2) is 0 Å². The molecular weight excluding hydrogens is 214 g/mol. The highest BCUT2D eigenvalue weighted by Gasteiger charge is 2.50. The Morgan fingerprint density at radius 3 is 2.47 bits per heavy atom. The fourth-order valence-corrected chi connectivity index (χ4v) is 1.77. The van der Waals surface area contributed by atoms with Crippen LogP contribution in [0.3, 0.4) is 0 Å². The number of amides is 1. The predicted molar refractivity (Wildman–Crippen MR) is 59.9 cm³/mol. The Balaban J connectivity index is 2.20. The number of aliphatic carboxylic acids is 1. The van der Waals surface area contributed by atoms with Gasteiger partial charge in [-0.2, -0.15) is 0 Å². The Kier molecular flexibility index (Phi) is 4.02. The van der Waals surface area contributed by atoms with E-state index in [1.165, 1.54) is 0 Å². The van der Waals surface area contributed by atoms with Crippen LogP contribution in [0.2, 0.25) is 0 Å². The maximum absolute atomic E-state index is 11.3. The van der Waals surface area contributed by atoms with Gasteiger partial charge in [0.15, 0.2) is 0 Å². The summed E-state index contributed by atoms with van der Waals surface area (Å²) < 4.78 is 0. The number of carboxylic acid groups (broad SMARTS) is 1. The van der Waals surface area contributed by atoms with Crippen LogP contribution in [0.1, 0.15) is 26.7 Å². The average molecular weight is 231 g/mol. The second kappa shape index (κ2) is 4.88. The van der Waals surface area contributed by atoms with Crippen LogP contribution in [0, 0.1) is 5.41 Å². The van der Waals surface area contributed by atoms with Crippen molar-refractivity contribution in [2.24, 2.45) is 5.41 Å². The highest BCUT2D eigenvalue weighted by atomic mass is 32.2. The highest BCUT2D eigenvalue weighted by Crippen LogP contribution is 2.45. The van der Waals surface area contributed by atoms with Gasteiger partial charge in [0.25, 0.3) is 0 Å². The van der Waals surface area contributed by atoms with Gasteiger partial charge in [0, 0.05) is 6.54 Å². The summed E-state index contributed by atoms with van der Waals surface area (Å²) in [5.74, 6) is -0.451. The minimum absolute atomic E-state index is 0.0683. The summed E-state index contributed by atoms with van der Waals surface area (Å²) in [6, 6.07) is 0. The van der Waals surface area contributed by atoms with Crippen molar-refractivity contribution in [3.05, 3.63) is 0 Å². The number of thioether (sulfide) groups is 1. The molecule has 0 atom stereocenters. The van der Waals surface area contributed by atoms with Crippen molar-refractivity contribution >= 4 is 23.6 Å². The number of carbonyl (C=O) groups is 2. The molecule has 1 aliphatic carbocycles. The largest absolute Gasteiger partial charge is 0.481 e. The van der Waals surface area contributed by atoms with Crippen LogP contribution < -0.4 is 5.32 Å². The topological polar surface area (TPSA) is 66.4 Å². The summed E-state index contributed by atoms with van der Waals surface area (Å²) in [4.78, 5) is 22.1. The molecule has 2 N–H and O–H groups in total. The molecule has 0 bridgehead atoms. The van der Waals surface area contributed by atoms with E-state index in [4.69, 9.17) is 5.11 Å². The normalized spacial score (nSPS) is 17.5. The molecule has 0 aromatic carbocycles. The molecule has 0 aliphatic heterocycles. The number of nitrogens with one attached hydrogen (secondary N) is 1. The summed E-state index contributed by atoms with van der Waals surface area (Å²) in [7, 11) is 0. The molecule has 0 spiro atoms. The van der Waals surface area contributed by atoms with Crippen molar-refractivity contribution in [3.63, 3.8) is 0 Å². The first-order chi connectivity index (χ1) is 6.96. The van der Waals surface area contributed by atoms with Crippen LogP contribution in [0.25, 0.3) is 0 Å². The summed E-state index contributed by atoms with van der Waals surface area (Å²) in [6.07, 6.45) is 1.36. The lowest BCUT2D eigenvalue weighted by Crippen LogP contribution is -2.35. The summed E-state index contributed by atoms with van der Waals surface area (Å²) in [5, 5.41) is 12.0. The predicted octanol–water partition coefficient (Wildman–Crippen LogP) is 1.11. The van der Waals surface area contributed by atoms with Gasteiger partial charge in [0.1, 0.15) is 0 Å². The van der Waals surface area contributed by atoms with Gasteiger partial charge in [-0.15, -0.1) is 11.8 Å². The van der Waals surface area contributed by atoms with E-state index in [0.717, 1.165) is 0 Å². The number of rotatable bonds is 6. The molecule has 86 valence electrons. The zero-order valence-corrected chi connectivity index (χ0v) is 9.89. The Morgan fingerprint density at radius 1 is 1.47 bits per heavy atom. The number of hydrogen-bond donors (Lipinski definition) is 2. The zero-order chi connectivity index (χ0) is 11.5. The van der Waals surface area contributed by atoms with Crippen LogP contribution in [-0.2, 0) is 9.59 Å². The minimum atomic E-state index is -0.792. The van der Waals surface area contributed by atoms with Crippen molar-refractivity contribution in [3.8, 4) is 0 Å². The minimum Gasteiger partial charge on any atom is -0.481 e. The third-order valence-corrected chi connectivity index (χ3v) is 3.57. The molecule has 4 nitrogen and oxygen atoms in total. The lowest BCUT2D eigenvalue weighted by Gasteiger charge is -2.11. The molecular formula is C10H17NO3S. The summed E-state index contributed by atoms with van der Waals surface area (Å²) >= 11 is 1.56. The maximum atomic E-state index is 11.3. The average Bonchev–Trinajstić information content (AvgIpc) is 2.92. The first-order valence-electron chi connectivity index (χ1n) is 5.08. The second-order valence-corrected chi connectivity index (χ2v) is 5.79. The van der Waals surface area contributed by atoms with Gasteiger partial charge in [-0.25, -0.2) is 0 Å². The standard InChI is InChI=1S/C10H17NO3S/c1-7(2)15-5-8(12)11-6-10(3-4-10)9(13)14/h7H,3-6H2,1-2H3,(H,11,12)(H,13,14). The van der Waals surface area contributed by atoms with Gasteiger partial charge in [-0.05, 0) is 18.1 Å². The van der Waals surface area contributed by atoms with E-state index in [9.17, 15) is 9.59 Å². The third kappa shape index (κ3) is 3.74. The first-order valence-corrected chi connectivity index (χ1v) is 6.13. The molecule has 15 heavy (non-hydrogen) atoms. The van der Waals surface area contributed by atoms with Gasteiger partial charge in [-0.1, -0.05) is 13.8 Å². The van der Waals surface area contributed by atoms with Crippen molar-refractivity contribution in [2.45, 2.75) is 31.9 Å². The van der Waals surface area contributed by atoms with E-state index >= 15 is 0 Å². The lowest BCUT2D eigenvalue weighted by molar-refractivity contribution is -0.143. The van der Waals surface area contributed by atoms with Gasteiger partial charge >= 0.3 is 5.97 Å². The van der Waals surface area contributed by atoms with Gasteiger partial charge in [-0.3, -0.25) is 9.59 Å². The highest BCUT2D eigenvalue weighted by molar-refractivity contribution is 8.00. The first kappa shape index (κ1) is 12.4. The Labute approximate surface area is 93.8 Å². The molecule has 0 heterocycles. The second-order valence-electron chi connectivity index (χ2n) is 4.22. The molecule has 1 saturated carbocycles. The molecule has 1 amide bonds. The van der Waals surface area contributed by atoms with E-state index in [0.29, 0.717) is 23.8 Å². The number of hydrogen-bond acceptors (Lipinski definition) is 3. The molecule has 0 aromatic heterocycles. The van der Waals surface area contributed by atoms with Crippen LogP contribution in [0.4, 0.5) is 0 Å². The van der Waals surface area contributed by atoms with Crippen LogP contribution in [-0.4, -0.2) is 34.5 Å². The molecule has 0 aromatic rings. The van der Waals surface area contributed by atoms with Gasteiger partial charge < -0.3 is 10.4 Å². The van der Waals surface area contributed by atoms with E-state index in [2.05, 4.69) is 5.32 Å². The fourth-order valence-electron chi connectivity index (χ4n) is 1.18. The Hall–Kier alpha value is -0.710. The van der Waals surface area contributed by atoms with Gasteiger partial charge in [0.2, 0.25) is 5.91 Å². The van der Waals surface area contributed by atoms with Crippen LogP contribution >= 0.6 is 11.8 Å². The van der Waals surface area contributed by atoms with E-state index < -0.39 is 11.4 Å². The summed E-state index contributed by atoms with van der Waals surface area (Å²) in [6.45, 7) is 4.33. The third-order valence-electron chi connectivity index (χ3n) is 2.48. The smallest absolute Gasteiger partial charge is 0.311 e. The van der Waals surface area contributed by atoms with Gasteiger partial charge in [0.05, 0.1) is 11.2 Å². The fraction of sp³-hybridized carbons (Fsp3) is 0.800. The van der Waals surface area contributed by atoms with E-state index in [-0.39, 0.29) is 12.5 Å². The molecule has 0 unspecified atom stereocenters. The zero-order valence-electron chi connectivity index (χ0n) is 9.08. The molecule has 1 aliphatic rings. The number of carbonyl (C=O) groups excluding carboxylic acids is 1. The number of carboxylic acids is 1. The molecule has 0 saturated heterocycles. The maximum Gasteiger partial charge on any atom is 0.311 e. The molecule has 1 rings (SSSR count). The molecule has 5 heteroatoms. The van der Waals surface area contributed by atoms with Crippen LogP contribution in [0.5, 0.6) is 0 Å². The lowest BCUT2D eigenvalue weighted by atomic mass is 10.1. The van der Waals surface area contributed by atoms with Crippen molar-refractivity contribution in [1.29, 1.82) is 0 Å². The van der Waals surface area contributed by atoms with Crippen molar-refractivity contribution in [2.75, 3.05) is 12.3 Å². The van der Waals surface area contributed by atoms with Crippen molar-refractivity contribution < 1.29 is 14.7 Å². The Morgan fingerprint density at radius 2 is 2.07 bits per heavy atom. The van der Waals surface area contributed by atoms with Crippen molar-refractivity contribution in [1.82, 2.24) is 5.32 Å². The molecule has 0 radical (unpaired) electrons. The van der Waals surface area contributed by atoms with E-state index in [1.807, 2.05) is 13.8 Å². The Bertz CT molecular complexity index is 261. The quantitative estimate of drug-likeness (QED) is 0.718. The summed E-state index contributed by atoms with van der Waals surface area (Å²) in [5.41, 5.74) is -0.655.